The highest BCUT2D eigenvalue weighted by atomic mass is 16.7. The molecule has 124 valence electrons. The molecule has 0 spiro atoms. The van der Waals surface area contributed by atoms with Gasteiger partial charge in [-0.2, -0.15) is 0 Å². The molecule has 1 heterocycles. The standard InChI is InChI=1S/C19H18O5/c1-13(14-5-3-2-4-6-14)9-19(21)22-11-16(20)15-7-8-17-18(10-15)24-12-23-17/h2-8,10,13H,9,11-12H2,1H3/t13-/m0/s1. The van der Waals surface area contributed by atoms with Crippen LogP contribution in [0, 0.1) is 0 Å². The summed E-state index contributed by atoms with van der Waals surface area (Å²) in [5.74, 6) is 0.527. The second kappa shape index (κ2) is 7.17. The van der Waals surface area contributed by atoms with Crippen LogP contribution in [0.25, 0.3) is 0 Å². The van der Waals surface area contributed by atoms with Crippen LogP contribution in [0.5, 0.6) is 11.5 Å². The van der Waals surface area contributed by atoms with Crippen molar-refractivity contribution < 1.29 is 23.8 Å². The lowest BCUT2D eigenvalue weighted by molar-refractivity contribution is -0.142. The third kappa shape index (κ3) is 3.74. The summed E-state index contributed by atoms with van der Waals surface area (Å²) in [6.07, 6.45) is 0.235. The highest BCUT2D eigenvalue weighted by Crippen LogP contribution is 2.32. The maximum Gasteiger partial charge on any atom is 0.306 e. The van der Waals surface area contributed by atoms with Gasteiger partial charge in [0.1, 0.15) is 0 Å². The predicted octanol–water partition coefficient (Wildman–Crippen LogP) is 3.34. The molecule has 0 unspecified atom stereocenters. The van der Waals surface area contributed by atoms with Crippen LogP contribution >= 0.6 is 0 Å². The van der Waals surface area contributed by atoms with Gasteiger partial charge in [-0.1, -0.05) is 37.3 Å². The molecule has 1 atom stereocenters. The van der Waals surface area contributed by atoms with Crippen LogP contribution in [0.1, 0.15) is 35.2 Å². The third-order valence-electron chi connectivity index (χ3n) is 3.90. The first-order chi connectivity index (χ1) is 11.6. The first kappa shape index (κ1) is 16.1. The molecule has 0 aromatic heterocycles. The third-order valence-corrected chi connectivity index (χ3v) is 3.90. The van der Waals surface area contributed by atoms with Crippen molar-refractivity contribution in [3.63, 3.8) is 0 Å². The molecular formula is C19H18O5. The molecule has 0 fully saturated rings. The minimum Gasteiger partial charge on any atom is -0.457 e. The van der Waals surface area contributed by atoms with Crippen molar-refractivity contribution in [2.24, 2.45) is 0 Å². The summed E-state index contributed by atoms with van der Waals surface area (Å²) in [7, 11) is 0. The average molecular weight is 326 g/mol. The highest BCUT2D eigenvalue weighted by molar-refractivity contribution is 5.98. The van der Waals surface area contributed by atoms with E-state index in [1.54, 1.807) is 18.2 Å². The number of hydrogen-bond acceptors (Lipinski definition) is 5. The first-order valence-corrected chi connectivity index (χ1v) is 7.77. The van der Waals surface area contributed by atoms with Crippen LogP contribution in [-0.2, 0) is 9.53 Å². The number of benzene rings is 2. The van der Waals surface area contributed by atoms with Gasteiger partial charge in [-0.05, 0) is 29.7 Å². The monoisotopic (exact) mass is 326 g/mol. The lowest BCUT2D eigenvalue weighted by Gasteiger charge is -2.11. The Morgan fingerprint density at radius 1 is 1.08 bits per heavy atom. The molecule has 0 amide bonds. The van der Waals surface area contributed by atoms with Crippen LogP contribution in [0.15, 0.2) is 48.5 Å². The van der Waals surface area contributed by atoms with Gasteiger partial charge in [-0.25, -0.2) is 0 Å². The summed E-state index contributed by atoms with van der Waals surface area (Å²) in [5.41, 5.74) is 1.50. The van der Waals surface area contributed by atoms with Gasteiger partial charge >= 0.3 is 5.97 Å². The van der Waals surface area contributed by atoms with Crippen molar-refractivity contribution in [2.45, 2.75) is 19.3 Å². The number of carbonyl (C=O) groups is 2. The SMILES string of the molecule is C[C@@H](CC(=O)OCC(=O)c1ccc2c(c1)OCO2)c1ccccc1. The Kier molecular flexibility index (Phi) is 4.79. The Balaban J connectivity index is 1.51. The molecule has 5 heteroatoms. The van der Waals surface area contributed by atoms with Gasteiger partial charge in [0.15, 0.2) is 23.9 Å². The molecule has 2 aromatic rings. The van der Waals surface area contributed by atoms with E-state index < -0.39 is 0 Å². The molecule has 0 bridgehead atoms. The molecular weight excluding hydrogens is 308 g/mol. The van der Waals surface area contributed by atoms with Crippen molar-refractivity contribution in [3.05, 3.63) is 59.7 Å². The van der Waals surface area contributed by atoms with Gasteiger partial charge in [-0.3, -0.25) is 9.59 Å². The number of fused-ring (bicyclic) bond motifs is 1. The molecule has 2 aromatic carbocycles. The Hall–Kier alpha value is -2.82. The normalized spacial score (nSPS) is 13.4. The van der Waals surface area contributed by atoms with Crippen molar-refractivity contribution in [2.75, 3.05) is 13.4 Å². The van der Waals surface area contributed by atoms with E-state index in [1.807, 2.05) is 37.3 Å². The molecule has 3 rings (SSSR count). The Morgan fingerprint density at radius 2 is 1.83 bits per heavy atom. The lowest BCUT2D eigenvalue weighted by Crippen LogP contribution is -2.15. The summed E-state index contributed by atoms with van der Waals surface area (Å²) < 4.78 is 15.5. The van der Waals surface area contributed by atoms with Crippen molar-refractivity contribution in [1.82, 2.24) is 0 Å². The van der Waals surface area contributed by atoms with E-state index >= 15 is 0 Å². The predicted molar refractivity (Wildman–Crippen MR) is 87.3 cm³/mol. The number of ether oxygens (including phenoxy) is 3. The van der Waals surface area contributed by atoms with Gasteiger partial charge in [0.25, 0.3) is 0 Å². The minimum atomic E-state index is -0.388. The largest absolute Gasteiger partial charge is 0.457 e. The van der Waals surface area contributed by atoms with Gasteiger partial charge in [0.05, 0.1) is 6.42 Å². The van der Waals surface area contributed by atoms with Crippen molar-refractivity contribution in [3.8, 4) is 11.5 Å². The minimum absolute atomic E-state index is 0.0411. The zero-order chi connectivity index (χ0) is 16.9. The van der Waals surface area contributed by atoms with Gasteiger partial charge in [-0.15, -0.1) is 0 Å². The summed E-state index contributed by atoms with van der Waals surface area (Å²) >= 11 is 0. The Morgan fingerprint density at radius 3 is 2.62 bits per heavy atom. The number of Topliss-reactive ketones (excluding diaryl/α,β-unsaturated/α-hetero) is 1. The van der Waals surface area contributed by atoms with Crippen LogP contribution in [-0.4, -0.2) is 25.2 Å². The van der Waals surface area contributed by atoms with E-state index in [1.165, 1.54) is 0 Å². The first-order valence-electron chi connectivity index (χ1n) is 7.77. The quantitative estimate of drug-likeness (QED) is 0.602. The second-order valence-corrected chi connectivity index (χ2v) is 5.67. The van der Waals surface area contributed by atoms with Crippen molar-refractivity contribution >= 4 is 11.8 Å². The van der Waals surface area contributed by atoms with Gasteiger partial charge < -0.3 is 14.2 Å². The summed E-state index contributed by atoms with van der Waals surface area (Å²) in [6.45, 7) is 1.83. The fraction of sp³-hybridized carbons (Fsp3) is 0.263. The summed E-state index contributed by atoms with van der Waals surface area (Å²) in [4.78, 5) is 24.1. The van der Waals surface area contributed by atoms with Gasteiger partial charge in [0.2, 0.25) is 6.79 Å². The fourth-order valence-corrected chi connectivity index (χ4v) is 2.51. The molecule has 0 saturated carbocycles. The zero-order valence-electron chi connectivity index (χ0n) is 13.4. The highest BCUT2D eigenvalue weighted by Gasteiger charge is 2.18. The van der Waals surface area contributed by atoms with E-state index in [0.717, 1.165) is 5.56 Å². The Bertz CT molecular complexity index is 739. The lowest BCUT2D eigenvalue weighted by atomic mass is 9.98. The number of esters is 1. The van der Waals surface area contributed by atoms with Gasteiger partial charge in [0, 0.05) is 5.56 Å². The fourth-order valence-electron chi connectivity index (χ4n) is 2.51. The van der Waals surface area contributed by atoms with E-state index in [9.17, 15) is 9.59 Å². The number of carbonyl (C=O) groups excluding carboxylic acids is 2. The molecule has 1 aliphatic rings. The summed E-state index contributed by atoms with van der Waals surface area (Å²) in [6, 6.07) is 14.6. The van der Waals surface area contributed by atoms with Crippen LogP contribution in [0.4, 0.5) is 0 Å². The maximum atomic E-state index is 12.1. The van der Waals surface area contributed by atoms with E-state index in [-0.39, 0.29) is 37.5 Å². The molecule has 5 nitrogen and oxygen atoms in total. The van der Waals surface area contributed by atoms with E-state index in [2.05, 4.69) is 0 Å². The topological polar surface area (TPSA) is 61.8 Å². The molecule has 0 radical (unpaired) electrons. The van der Waals surface area contributed by atoms with E-state index in [0.29, 0.717) is 17.1 Å². The van der Waals surface area contributed by atoms with E-state index in [4.69, 9.17) is 14.2 Å². The molecule has 24 heavy (non-hydrogen) atoms. The molecule has 1 aliphatic heterocycles. The van der Waals surface area contributed by atoms with Crippen molar-refractivity contribution in [1.29, 1.82) is 0 Å². The number of rotatable bonds is 6. The molecule has 0 saturated heterocycles. The number of ketones is 1. The smallest absolute Gasteiger partial charge is 0.306 e. The molecule has 0 aliphatic carbocycles. The number of hydrogen-bond donors (Lipinski definition) is 0. The molecule has 0 N–H and O–H groups in total. The van der Waals surface area contributed by atoms with Crippen LogP contribution in [0.3, 0.4) is 0 Å². The Labute approximate surface area is 140 Å². The maximum absolute atomic E-state index is 12.1. The summed E-state index contributed by atoms with van der Waals surface area (Å²) in [5, 5.41) is 0. The average Bonchev–Trinajstić information content (AvgIpc) is 3.08. The van der Waals surface area contributed by atoms with Crippen LogP contribution < -0.4 is 9.47 Å². The zero-order valence-corrected chi connectivity index (χ0v) is 13.4. The van der Waals surface area contributed by atoms with Crippen LogP contribution in [0.2, 0.25) is 0 Å². The second-order valence-electron chi connectivity index (χ2n) is 5.67.